The summed E-state index contributed by atoms with van der Waals surface area (Å²) in [6.07, 6.45) is 6.96. The van der Waals surface area contributed by atoms with Gasteiger partial charge >= 0.3 is 0 Å². The fourth-order valence-electron chi connectivity index (χ4n) is 2.18. The quantitative estimate of drug-likeness (QED) is 0.561. The van der Waals surface area contributed by atoms with Crippen molar-refractivity contribution in [3.05, 3.63) is 55.0 Å². The minimum absolute atomic E-state index is 0.606. The van der Waals surface area contributed by atoms with Gasteiger partial charge in [-0.15, -0.1) is 10.2 Å². The standard InChI is InChI=1S/C15H13N5O2S/c1-19-10-17-18-15(19)23-13-5-4-12(22-13)14-16-6-7-20(14)9-11-3-2-8-21-11/h2-8,10H,9H2,1H3. The highest BCUT2D eigenvalue weighted by Crippen LogP contribution is 2.31. The molecule has 0 fully saturated rings. The van der Waals surface area contributed by atoms with E-state index in [2.05, 4.69) is 15.2 Å². The van der Waals surface area contributed by atoms with Gasteiger partial charge in [0.25, 0.3) is 0 Å². The first-order valence-electron chi connectivity index (χ1n) is 6.95. The molecule has 4 aromatic heterocycles. The number of aromatic nitrogens is 5. The van der Waals surface area contributed by atoms with Crippen molar-refractivity contribution >= 4 is 11.8 Å². The summed E-state index contributed by atoms with van der Waals surface area (Å²) in [7, 11) is 1.89. The molecule has 0 amide bonds. The molecule has 0 N–H and O–H groups in total. The SMILES string of the molecule is Cn1cnnc1Sc1ccc(-c2nccn2Cc2ccco2)o1. The van der Waals surface area contributed by atoms with Gasteiger partial charge in [0.15, 0.2) is 21.8 Å². The third kappa shape index (κ3) is 2.80. The summed E-state index contributed by atoms with van der Waals surface area (Å²) < 4.78 is 15.1. The van der Waals surface area contributed by atoms with Gasteiger partial charge in [0.1, 0.15) is 12.1 Å². The largest absolute Gasteiger partial charge is 0.467 e. The van der Waals surface area contributed by atoms with E-state index in [1.54, 1.807) is 18.8 Å². The highest BCUT2D eigenvalue weighted by Gasteiger charge is 2.14. The van der Waals surface area contributed by atoms with Gasteiger partial charge in [-0.05, 0) is 36.0 Å². The summed E-state index contributed by atoms with van der Waals surface area (Å²) in [5.41, 5.74) is 0. The normalized spacial score (nSPS) is 11.2. The van der Waals surface area contributed by atoms with Crippen LogP contribution in [0.4, 0.5) is 0 Å². The van der Waals surface area contributed by atoms with Crippen LogP contribution in [0.15, 0.2) is 68.3 Å². The molecule has 0 aromatic carbocycles. The van der Waals surface area contributed by atoms with E-state index >= 15 is 0 Å². The number of rotatable bonds is 5. The van der Waals surface area contributed by atoms with E-state index in [4.69, 9.17) is 8.83 Å². The Hall–Kier alpha value is -2.74. The van der Waals surface area contributed by atoms with Gasteiger partial charge in [0, 0.05) is 19.4 Å². The number of hydrogen-bond acceptors (Lipinski definition) is 6. The van der Waals surface area contributed by atoms with E-state index in [9.17, 15) is 0 Å². The van der Waals surface area contributed by atoms with Crippen LogP contribution in [-0.2, 0) is 13.6 Å². The number of hydrogen-bond donors (Lipinski definition) is 0. The lowest BCUT2D eigenvalue weighted by atomic mass is 10.4. The highest BCUT2D eigenvalue weighted by molar-refractivity contribution is 7.99. The molecule has 0 aliphatic carbocycles. The third-order valence-electron chi connectivity index (χ3n) is 3.29. The molecule has 0 spiro atoms. The summed E-state index contributed by atoms with van der Waals surface area (Å²) >= 11 is 1.42. The van der Waals surface area contributed by atoms with Crippen molar-refractivity contribution in [3.8, 4) is 11.6 Å². The second-order valence-corrected chi connectivity index (χ2v) is 5.87. The van der Waals surface area contributed by atoms with Gasteiger partial charge in [0.05, 0.1) is 12.8 Å². The van der Waals surface area contributed by atoms with E-state index in [0.717, 1.165) is 21.8 Å². The van der Waals surface area contributed by atoms with Crippen LogP contribution >= 0.6 is 11.8 Å². The van der Waals surface area contributed by atoms with Crippen molar-refractivity contribution in [3.63, 3.8) is 0 Å². The number of nitrogens with zero attached hydrogens (tertiary/aromatic N) is 5. The monoisotopic (exact) mass is 327 g/mol. The summed E-state index contributed by atoms with van der Waals surface area (Å²) in [6.45, 7) is 0.606. The maximum atomic E-state index is 5.88. The van der Waals surface area contributed by atoms with Crippen LogP contribution in [0.3, 0.4) is 0 Å². The van der Waals surface area contributed by atoms with Crippen LogP contribution in [-0.4, -0.2) is 24.3 Å². The molecule has 0 aliphatic heterocycles. The second-order valence-electron chi connectivity index (χ2n) is 4.90. The smallest absolute Gasteiger partial charge is 0.198 e. The maximum absolute atomic E-state index is 5.88. The molecule has 0 saturated heterocycles. The lowest BCUT2D eigenvalue weighted by Gasteiger charge is -2.03. The number of aryl methyl sites for hydroxylation is 1. The first-order chi connectivity index (χ1) is 11.3. The number of furan rings is 2. The molecule has 0 aliphatic rings. The van der Waals surface area contributed by atoms with Crippen LogP contribution in [0, 0.1) is 0 Å². The van der Waals surface area contributed by atoms with Gasteiger partial charge in [0.2, 0.25) is 0 Å². The average Bonchev–Trinajstić information content (AvgIpc) is 3.30. The van der Waals surface area contributed by atoms with E-state index < -0.39 is 0 Å². The minimum atomic E-state index is 0.606. The molecule has 23 heavy (non-hydrogen) atoms. The zero-order valence-corrected chi connectivity index (χ0v) is 13.1. The van der Waals surface area contributed by atoms with Crippen LogP contribution in [0.2, 0.25) is 0 Å². The van der Waals surface area contributed by atoms with Crippen molar-refractivity contribution < 1.29 is 8.83 Å². The van der Waals surface area contributed by atoms with E-state index in [-0.39, 0.29) is 0 Å². The molecule has 0 atom stereocenters. The van der Waals surface area contributed by atoms with E-state index in [0.29, 0.717) is 12.3 Å². The van der Waals surface area contributed by atoms with Crippen LogP contribution in [0.25, 0.3) is 11.6 Å². The molecule has 7 nitrogen and oxygen atoms in total. The Morgan fingerprint density at radius 2 is 2.22 bits per heavy atom. The van der Waals surface area contributed by atoms with Crippen molar-refractivity contribution in [2.45, 2.75) is 16.8 Å². The predicted octanol–water partition coefficient (Wildman–Crippen LogP) is 3.06. The Morgan fingerprint density at radius 3 is 3.00 bits per heavy atom. The minimum Gasteiger partial charge on any atom is -0.467 e. The summed E-state index contributed by atoms with van der Waals surface area (Å²) in [4.78, 5) is 4.38. The molecule has 4 heterocycles. The molecule has 4 aromatic rings. The van der Waals surface area contributed by atoms with Crippen molar-refractivity contribution in [2.75, 3.05) is 0 Å². The summed E-state index contributed by atoms with van der Waals surface area (Å²) in [6, 6.07) is 7.61. The van der Waals surface area contributed by atoms with Crippen molar-refractivity contribution in [2.24, 2.45) is 7.05 Å². The van der Waals surface area contributed by atoms with Gasteiger partial charge in [-0.2, -0.15) is 0 Å². The Bertz CT molecular complexity index is 906. The fourth-order valence-corrected chi connectivity index (χ4v) is 2.91. The molecule has 0 unspecified atom stereocenters. The molecule has 8 heteroatoms. The fraction of sp³-hybridized carbons (Fsp3) is 0.133. The van der Waals surface area contributed by atoms with Gasteiger partial charge in [-0.25, -0.2) is 4.98 Å². The van der Waals surface area contributed by atoms with Crippen LogP contribution < -0.4 is 0 Å². The molecule has 4 rings (SSSR count). The van der Waals surface area contributed by atoms with Crippen LogP contribution in [0.1, 0.15) is 5.76 Å². The topological polar surface area (TPSA) is 74.8 Å². The zero-order valence-electron chi connectivity index (χ0n) is 12.3. The van der Waals surface area contributed by atoms with Crippen LogP contribution in [0.5, 0.6) is 0 Å². The third-order valence-corrected chi connectivity index (χ3v) is 4.26. The Balaban J connectivity index is 1.57. The predicted molar refractivity (Wildman–Crippen MR) is 82.9 cm³/mol. The molecular formula is C15H13N5O2S. The average molecular weight is 327 g/mol. The van der Waals surface area contributed by atoms with Crippen molar-refractivity contribution in [1.29, 1.82) is 0 Å². The van der Waals surface area contributed by atoms with Gasteiger partial charge in [-0.1, -0.05) is 0 Å². The first-order valence-corrected chi connectivity index (χ1v) is 7.77. The van der Waals surface area contributed by atoms with Gasteiger partial charge in [-0.3, -0.25) is 0 Å². The lowest BCUT2D eigenvalue weighted by molar-refractivity contribution is 0.473. The molecule has 116 valence electrons. The van der Waals surface area contributed by atoms with Crippen molar-refractivity contribution in [1.82, 2.24) is 24.3 Å². The first kappa shape index (κ1) is 13.9. The molecular weight excluding hydrogens is 314 g/mol. The zero-order chi connectivity index (χ0) is 15.6. The molecule has 0 bridgehead atoms. The summed E-state index contributed by atoms with van der Waals surface area (Å²) in [5.74, 6) is 2.32. The van der Waals surface area contributed by atoms with Gasteiger partial charge < -0.3 is 18.0 Å². The Labute approximate surface area is 136 Å². The lowest BCUT2D eigenvalue weighted by Crippen LogP contribution is -1.99. The molecule has 0 saturated carbocycles. The molecule has 0 radical (unpaired) electrons. The summed E-state index contributed by atoms with van der Waals surface area (Å²) in [5, 5.41) is 9.40. The van der Waals surface area contributed by atoms with E-state index in [1.807, 2.05) is 46.6 Å². The Morgan fingerprint density at radius 1 is 1.26 bits per heavy atom. The number of imidazole rings is 1. The maximum Gasteiger partial charge on any atom is 0.198 e. The van der Waals surface area contributed by atoms with E-state index in [1.165, 1.54) is 11.8 Å². The second kappa shape index (κ2) is 5.81. The Kier molecular flexibility index (Phi) is 3.51. The highest BCUT2D eigenvalue weighted by atomic mass is 32.2.